The lowest BCUT2D eigenvalue weighted by molar-refractivity contribution is -0.123. The Morgan fingerprint density at radius 2 is 1.87 bits per heavy atom. The largest absolute Gasteiger partial charge is 0.449 e. The highest BCUT2D eigenvalue weighted by Crippen LogP contribution is 2.26. The van der Waals surface area contributed by atoms with Crippen molar-refractivity contribution in [2.75, 3.05) is 5.32 Å². The van der Waals surface area contributed by atoms with Gasteiger partial charge in [-0.2, -0.15) is 0 Å². The quantitative estimate of drug-likeness (QED) is 0.414. The number of fused-ring (bicyclic) bond motifs is 1. The molecule has 0 radical (unpaired) electrons. The summed E-state index contributed by atoms with van der Waals surface area (Å²) in [5, 5.41) is 4.97. The van der Waals surface area contributed by atoms with E-state index in [1.54, 1.807) is 24.4 Å². The number of thiazole rings is 1. The lowest BCUT2D eigenvalue weighted by Gasteiger charge is -2.13. The molecule has 7 nitrogen and oxygen atoms in total. The molecule has 1 atom stereocenters. The Balaban J connectivity index is 1.43. The zero-order valence-electron chi connectivity index (χ0n) is 15.7. The van der Waals surface area contributed by atoms with Gasteiger partial charge in [-0.3, -0.25) is 20.1 Å². The highest BCUT2D eigenvalue weighted by Gasteiger charge is 2.22. The van der Waals surface area contributed by atoms with Gasteiger partial charge in [0.25, 0.3) is 5.91 Å². The van der Waals surface area contributed by atoms with Crippen LogP contribution in [0.1, 0.15) is 17.3 Å². The van der Waals surface area contributed by atoms with Crippen LogP contribution >= 0.6 is 27.3 Å². The van der Waals surface area contributed by atoms with Crippen molar-refractivity contribution < 1.29 is 14.3 Å². The molecule has 1 amide bonds. The summed E-state index contributed by atoms with van der Waals surface area (Å²) in [6.07, 6.45) is 2.04. The topological polar surface area (TPSA) is 94.1 Å². The molecule has 0 aliphatic rings. The van der Waals surface area contributed by atoms with Crippen LogP contribution in [0, 0.1) is 0 Å². The van der Waals surface area contributed by atoms with Gasteiger partial charge in [-0.1, -0.05) is 34.1 Å². The van der Waals surface area contributed by atoms with E-state index in [0.29, 0.717) is 16.2 Å². The first-order valence-electron chi connectivity index (χ1n) is 8.94. The second kappa shape index (κ2) is 8.68. The molecule has 1 unspecified atom stereocenters. The zero-order chi connectivity index (χ0) is 21.1. The average Bonchev–Trinajstić information content (AvgIpc) is 3.22. The Hall–Kier alpha value is -3.17. The van der Waals surface area contributed by atoms with Crippen LogP contribution in [0.3, 0.4) is 0 Å². The van der Waals surface area contributed by atoms with Gasteiger partial charge in [0.05, 0.1) is 16.8 Å². The molecule has 2 aromatic carbocycles. The number of aromatic nitrogens is 3. The summed E-state index contributed by atoms with van der Waals surface area (Å²) in [4.78, 5) is 37.8. The second-order valence-electron chi connectivity index (χ2n) is 6.31. The van der Waals surface area contributed by atoms with Crippen LogP contribution in [0.25, 0.3) is 22.3 Å². The Labute approximate surface area is 184 Å². The Morgan fingerprint density at radius 3 is 2.67 bits per heavy atom. The number of hydrogen-bond donors (Lipinski definition) is 1. The number of anilines is 1. The number of halogens is 1. The number of ether oxygens (including phenoxy) is 1. The van der Waals surface area contributed by atoms with E-state index in [1.165, 1.54) is 24.5 Å². The number of nitrogens with one attached hydrogen (secondary N) is 1. The smallest absolute Gasteiger partial charge is 0.341 e. The molecule has 9 heteroatoms. The third-order valence-electron chi connectivity index (χ3n) is 4.25. The maximum Gasteiger partial charge on any atom is 0.341 e. The third kappa shape index (κ3) is 4.37. The van der Waals surface area contributed by atoms with E-state index >= 15 is 0 Å². The normalized spacial score (nSPS) is 11.8. The fourth-order valence-electron chi connectivity index (χ4n) is 2.73. The van der Waals surface area contributed by atoms with Gasteiger partial charge < -0.3 is 4.74 Å². The van der Waals surface area contributed by atoms with E-state index in [0.717, 1.165) is 15.7 Å². The van der Waals surface area contributed by atoms with Crippen molar-refractivity contribution in [1.29, 1.82) is 0 Å². The Bertz CT molecular complexity index is 1220. The van der Waals surface area contributed by atoms with Gasteiger partial charge in [0, 0.05) is 27.8 Å². The monoisotopic (exact) mass is 482 g/mol. The second-order valence-corrected chi connectivity index (χ2v) is 8.09. The maximum atomic E-state index is 12.6. The average molecular weight is 483 g/mol. The summed E-state index contributed by atoms with van der Waals surface area (Å²) in [6, 6.07) is 12.7. The number of carbonyl (C=O) groups excluding carboxylic acids is 2. The molecule has 1 N–H and O–H groups in total. The number of rotatable bonds is 5. The van der Waals surface area contributed by atoms with Crippen molar-refractivity contribution in [2.45, 2.75) is 13.0 Å². The molecular formula is C21H15BrN4O3S. The minimum atomic E-state index is -1.01. The molecule has 0 fully saturated rings. The first kappa shape index (κ1) is 20.1. The lowest BCUT2D eigenvalue weighted by Crippen LogP contribution is -2.30. The first-order chi connectivity index (χ1) is 14.5. The number of nitrogens with zero attached hydrogens (tertiary/aromatic N) is 3. The summed E-state index contributed by atoms with van der Waals surface area (Å²) < 4.78 is 6.31. The number of para-hydroxylation sites is 1. The summed E-state index contributed by atoms with van der Waals surface area (Å²) in [6.45, 7) is 1.51. The molecule has 0 saturated heterocycles. The van der Waals surface area contributed by atoms with Crippen molar-refractivity contribution in [1.82, 2.24) is 15.0 Å². The standard InChI is InChI=1S/C21H15BrN4O3S/c1-12(29-20(28)15-3-2-4-16-18(15)24-10-9-23-16)19(27)26-21-25-17(11-30-21)13-5-7-14(22)8-6-13/h2-12H,1H3,(H,25,26,27). The predicted molar refractivity (Wildman–Crippen MR) is 118 cm³/mol. The molecule has 150 valence electrons. The molecule has 2 heterocycles. The molecular weight excluding hydrogens is 468 g/mol. The van der Waals surface area contributed by atoms with E-state index in [-0.39, 0.29) is 5.56 Å². The maximum absolute atomic E-state index is 12.6. The van der Waals surface area contributed by atoms with Gasteiger partial charge in [-0.15, -0.1) is 11.3 Å². The summed E-state index contributed by atoms with van der Waals surface area (Å²) in [7, 11) is 0. The molecule has 4 aromatic rings. The van der Waals surface area contributed by atoms with Crippen molar-refractivity contribution in [3.05, 3.63) is 70.3 Å². The number of hydrogen-bond acceptors (Lipinski definition) is 7. The van der Waals surface area contributed by atoms with E-state index in [2.05, 4.69) is 36.2 Å². The highest BCUT2D eigenvalue weighted by molar-refractivity contribution is 9.10. The third-order valence-corrected chi connectivity index (χ3v) is 5.53. The van der Waals surface area contributed by atoms with Crippen molar-refractivity contribution in [3.8, 4) is 11.3 Å². The van der Waals surface area contributed by atoms with Gasteiger partial charge in [0.15, 0.2) is 11.2 Å². The van der Waals surface area contributed by atoms with Crippen LogP contribution in [-0.4, -0.2) is 32.9 Å². The molecule has 30 heavy (non-hydrogen) atoms. The lowest BCUT2D eigenvalue weighted by atomic mass is 10.2. The number of carbonyl (C=O) groups is 2. The van der Waals surface area contributed by atoms with Crippen LogP contribution < -0.4 is 5.32 Å². The van der Waals surface area contributed by atoms with E-state index in [1.807, 2.05) is 29.6 Å². The van der Waals surface area contributed by atoms with E-state index in [9.17, 15) is 9.59 Å². The minimum absolute atomic E-state index is 0.257. The van der Waals surface area contributed by atoms with Crippen LogP contribution in [0.4, 0.5) is 5.13 Å². The molecule has 0 aliphatic heterocycles. The highest BCUT2D eigenvalue weighted by atomic mass is 79.9. The van der Waals surface area contributed by atoms with Crippen molar-refractivity contribution in [3.63, 3.8) is 0 Å². The Morgan fingerprint density at radius 1 is 1.10 bits per heavy atom. The molecule has 0 saturated carbocycles. The van der Waals surface area contributed by atoms with Gasteiger partial charge in [-0.25, -0.2) is 9.78 Å². The van der Waals surface area contributed by atoms with Gasteiger partial charge in [-0.05, 0) is 31.2 Å². The molecule has 0 spiro atoms. The molecule has 0 aliphatic carbocycles. The summed E-state index contributed by atoms with van der Waals surface area (Å²) in [5.41, 5.74) is 2.95. The summed E-state index contributed by atoms with van der Waals surface area (Å²) >= 11 is 4.70. The van der Waals surface area contributed by atoms with Crippen LogP contribution in [0.15, 0.2) is 64.7 Å². The fraction of sp³-hybridized carbons (Fsp3) is 0.0952. The Kier molecular flexibility index (Phi) is 5.82. The molecule has 2 aromatic heterocycles. The number of benzene rings is 2. The van der Waals surface area contributed by atoms with Crippen molar-refractivity contribution in [2.24, 2.45) is 0 Å². The van der Waals surface area contributed by atoms with E-state index < -0.39 is 18.0 Å². The minimum Gasteiger partial charge on any atom is -0.449 e. The number of amides is 1. The van der Waals surface area contributed by atoms with Gasteiger partial charge in [0.2, 0.25) is 0 Å². The molecule has 4 rings (SSSR count). The van der Waals surface area contributed by atoms with Crippen LogP contribution in [-0.2, 0) is 9.53 Å². The van der Waals surface area contributed by atoms with Gasteiger partial charge >= 0.3 is 5.97 Å². The SMILES string of the molecule is CC(OC(=O)c1cccc2nccnc12)C(=O)Nc1nc(-c2ccc(Br)cc2)cs1. The summed E-state index contributed by atoms with van der Waals surface area (Å²) in [5.74, 6) is -1.11. The van der Waals surface area contributed by atoms with Crippen LogP contribution in [0.2, 0.25) is 0 Å². The van der Waals surface area contributed by atoms with Crippen molar-refractivity contribution >= 4 is 55.3 Å². The first-order valence-corrected chi connectivity index (χ1v) is 10.6. The fourth-order valence-corrected chi connectivity index (χ4v) is 3.71. The number of esters is 1. The van der Waals surface area contributed by atoms with Gasteiger partial charge in [0.1, 0.15) is 5.52 Å². The predicted octanol–water partition coefficient (Wildman–Crippen LogP) is 4.70. The zero-order valence-corrected chi connectivity index (χ0v) is 18.1. The van der Waals surface area contributed by atoms with Crippen LogP contribution in [0.5, 0.6) is 0 Å². The van der Waals surface area contributed by atoms with E-state index in [4.69, 9.17) is 4.74 Å². The molecule has 0 bridgehead atoms.